The summed E-state index contributed by atoms with van der Waals surface area (Å²) in [5.74, 6) is -0.153. The first-order valence-corrected chi connectivity index (χ1v) is 9.70. The van der Waals surface area contributed by atoms with Crippen LogP contribution in [0.5, 0.6) is 11.5 Å². The topological polar surface area (TPSA) is 78.9 Å². The number of rotatable bonds is 3. The number of ketones is 2. The first kappa shape index (κ1) is 19.0. The van der Waals surface area contributed by atoms with Gasteiger partial charge in [-0.25, -0.2) is 0 Å². The second kappa shape index (κ2) is 5.82. The minimum absolute atomic E-state index is 0.0532. The Hall–Kier alpha value is -2.37. The van der Waals surface area contributed by atoms with Crippen molar-refractivity contribution in [2.75, 3.05) is 14.2 Å². The van der Waals surface area contributed by atoms with E-state index >= 15 is 0 Å². The molecule has 1 heterocycles. The van der Waals surface area contributed by atoms with E-state index in [4.69, 9.17) is 14.2 Å². The van der Waals surface area contributed by atoms with Gasteiger partial charge in [0.1, 0.15) is 11.2 Å². The van der Waals surface area contributed by atoms with Gasteiger partial charge in [0.2, 0.25) is 5.78 Å². The second-order valence-corrected chi connectivity index (χ2v) is 8.89. The van der Waals surface area contributed by atoms with Crippen LogP contribution in [-0.4, -0.2) is 37.9 Å². The Balaban J connectivity index is 2.12. The molecule has 1 aromatic carbocycles. The number of carbonyl (C=O) groups excluding carboxylic acids is 3. The molecule has 0 spiro atoms. The summed E-state index contributed by atoms with van der Waals surface area (Å²) in [6.45, 7) is 7.65. The Bertz CT molecular complexity index is 912. The van der Waals surface area contributed by atoms with Gasteiger partial charge in [-0.15, -0.1) is 0 Å². The van der Waals surface area contributed by atoms with E-state index in [1.165, 1.54) is 7.11 Å². The van der Waals surface area contributed by atoms with E-state index in [2.05, 4.69) is 0 Å². The van der Waals surface area contributed by atoms with Crippen molar-refractivity contribution in [3.8, 4) is 11.5 Å². The van der Waals surface area contributed by atoms with Crippen LogP contribution in [0.1, 0.15) is 67.9 Å². The third-order valence-electron chi connectivity index (χ3n) is 6.94. The van der Waals surface area contributed by atoms with Crippen molar-refractivity contribution < 1.29 is 28.6 Å². The molecule has 6 heteroatoms. The summed E-state index contributed by atoms with van der Waals surface area (Å²) in [4.78, 5) is 39.3. The number of Topliss-reactive ketones (excluding diaryl/α,β-unsaturated/α-hetero) is 2. The van der Waals surface area contributed by atoms with E-state index in [0.717, 1.165) is 5.56 Å². The van der Waals surface area contributed by atoms with Crippen molar-refractivity contribution in [2.24, 2.45) is 11.3 Å². The van der Waals surface area contributed by atoms with Crippen LogP contribution in [0, 0.1) is 11.3 Å². The molecule has 2 aliphatic carbocycles. The molecule has 6 nitrogen and oxygen atoms in total. The maximum Gasteiger partial charge on any atom is 0.317 e. The van der Waals surface area contributed by atoms with E-state index < -0.39 is 28.8 Å². The van der Waals surface area contributed by atoms with Gasteiger partial charge in [0.05, 0.1) is 14.2 Å². The molecule has 1 saturated heterocycles. The zero-order chi connectivity index (χ0) is 20.6. The summed E-state index contributed by atoms with van der Waals surface area (Å²) in [7, 11) is 3.07. The summed E-state index contributed by atoms with van der Waals surface area (Å²) in [6, 6.07) is 1.82. The van der Waals surface area contributed by atoms with Gasteiger partial charge in [0.25, 0.3) is 0 Å². The van der Waals surface area contributed by atoms with Gasteiger partial charge in [-0.05, 0) is 18.4 Å². The van der Waals surface area contributed by atoms with E-state index in [1.54, 1.807) is 7.11 Å². The van der Waals surface area contributed by atoms with Gasteiger partial charge in [0, 0.05) is 34.4 Å². The van der Waals surface area contributed by atoms with Gasteiger partial charge in [0.15, 0.2) is 17.6 Å². The highest BCUT2D eigenvalue weighted by Gasteiger charge is 2.72. The van der Waals surface area contributed by atoms with Crippen LogP contribution in [-0.2, 0) is 19.7 Å². The Morgan fingerprint density at radius 2 is 1.75 bits per heavy atom. The highest BCUT2D eigenvalue weighted by molar-refractivity contribution is 6.12. The quantitative estimate of drug-likeness (QED) is 0.743. The monoisotopic (exact) mass is 386 g/mol. The largest absolute Gasteiger partial charge is 0.493 e. The molecule has 150 valence electrons. The average Bonchev–Trinajstić information content (AvgIpc) is 2.92. The van der Waals surface area contributed by atoms with Crippen molar-refractivity contribution in [1.82, 2.24) is 0 Å². The normalized spacial score (nSPS) is 30.0. The molecule has 1 aromatic rings. The van der Waals surface area contributed by atoms with Crippen molar-refractivity contribution in [3.05, 3.63) is 22.8 Å². The molecule has 1 aliphatic heterocycles. The van der Waals surface area contributed by atoms with E-state index in [-0.39, 0.29) is 23.9 Å². The lowest BCUT2D eigenvalue weighted by Crippen LogP contribution is -2.58. The fraction of sp³-hybridized carbons (Fsp3) is 0.591. The van der Waals surface area contributed by atoms with Crippen LogP contribution in [0.15, 0.2) is 6.07 Å². The fourth-order valence-corrected chi connectivity index (χ4v) is 5.60. The Labute approximate surface area is 164 Å². The molecule has 2 fully saturated rings. The predicted molar refractivity (Wildman–Crippen MR) is 101 cm³/mol. The predicted octanol–water partition coefficient (Wildman–Crippen LogP) is 3.19. The van der Waals surface area contributed by atoms with E-state index in [0.29, 0.717) is 29.0 Å². The lowest BCUT2D eigenvalue weighted by molar-refractivity contribution is -0.145. The van der Waals surface area contributed by atoms with Crippen molar-refractivity contribution in [1.29, 1.82) is 0 Å². The highest BCUT2D eigenvalue weighted by atomic mass is 16.6. The molecule has 28 heavy (non-hydrogen) atoms. The first-order chi connectivity index (χ1) is 13.1. The van der Waals surface area contributed by atoms with E-state index in [1.807, 2.05) is 33.8 Å². The summed E-state index contributed by atoms with van der Waals surface area (Å²) in [5, 5.41) is 0. The van der Waals surface area contributed by atoms with E-state index in [9.17, 15) is 14.4 Å². The average molecular weight is 386 g/mol. The zero-order valence-corrected chi connectivity index (χ0v) is 17.2. The van der Waals surface area contributed by atoms with Crippen LogP contribution >= 0.6 is 0 Å². The molecule has 2 bridgehead atoms. The molecule has 1 saturated carbocycles. The second-order valence-electron chi connectivity index (χ2n) is 8.89. The van der Waals surface area contributed by atoms with Gasteiger partial charge in [-0.1, -0.05) is 27.7 Å². The van der Waals surface area contributed by atoms with Gasteiger partial charge in [-0.3, -0.25) is 14.4 Å². The molecule has 0 radical (unpaired) electrons. The number of hydrogen-bond acceptors (Lipinski definition) is 6. The number of benzene rings is 1. The SMILES string of the molecule is COc1c(C(C)C)cc2c(c1OC)[C@@]13CCC(=O)C(C)(C)[C@@H]1[C@H](OC3=O)C2=O. The number of methoxy groups -OCH3 is 2. The summed E-state index contributed by atoms with van der Waals surface area (Å²) in [5.41, 5.74) is -0.0833. The number of fused-ring (bicyclic) bond motifs is 1. The molecule has 3 aliphatic rings. The molecule has 4 rings (SSSR count). The molecular weight excluding hydrogens is 360 g/mol. The van der Waals surface area contributed by atoms with Crippen molar-refractivity contribution >= 4 is 17.5 Å². The third kappa shape index (κ3) is 2.01. The third-order valence-corrected chi connectivity index (χ3v) is 6.94. The molecule has 3 atom stereocenters. The van der Waals surface area contributed by atoms with Crippen LogP contribution < -0.4 is 9.47 Å². The number of ether oxygens (including phenoxy) is 3. The first-order valence-electron chi connectivity index (χ1n) is 9.70. The molecule has 0 unspecified atom stereocenters. The molecule has 0 amide bonds. The molecule has 0 aromatic heterocycles. The van der Waals surface area contributed by atoms with Crippen LogP contribution in [0.3, 0.4) is 0 Å². The maximum atomic E-state index is 13.4. The van der Waals surface area contributed by atoms with Crippen LogP contribution in [0.2, 0.25) is 0 Å². The summed E-state index contributed by atoms with van der Waals surface area (Å²) >= 11 is 0. The Morgan fingerprint density at radius 1 is 1.11 bits per heavy atom. The summed E-state index contributed by atoms with van der Waals surface area (Å²) < 4.78 is 17.0. The number of hydrogen-bond donors (Lipinski definition) is 0. The lowest BCUT2D eigenvalue weighted by Gasteiger charge is -2.48. The van der Waals surface area contributed by atoms with Crippen LogP contribution in [0.25, 0.3) is 0 Å². The maximum absolute atomic E-state index is 13.4. The standard InChI is InChI=1S/C22H26O6/c1-10(2)11-9-12-14(17(27-6)16(11)26-5)22-8-7-13(23)21(3,4)19(22)18(15(12)24)28-20(22)25/h9-10,18-19H,7-8H2,1-6H3/t18-,19+,22+/m1/s1. The minimum atomic E-state index is -1.07. The molecular formula is C22H26O6. The zero-order valence-electron chi connectivity index (χ0n) is 17.2. The number of esters is 1. The Kier molecular flexibility index (Phi) is 3.94. The summed E-state index contributed by atoms with van der Waals surface area (Å²) in [6.07, 6.45) is -0.357. The van der Waals surface area contributed by atoms with Gasteiger partial charge >= 0.3 is 5.97 Å². The lowest BCUT2D eigenvalue weighted by atomic mass is 9.49. The Morgan fingerprint density at radius 3 is 2.32 bits per heavy atom. The number of carbonyl (C=O) groups is 3. The minimum Gasteiger partial charge on any atom is -0.493 e. The van der Waals surface area contributed by atoms with Gasteiger partial charge < -0.3 is 14.2 Å². The van der Waals surface area contributed by atoms with Gasteiger partial charge in [-0.2, -0.15) is 0 Å². The van der Waals surface area contributed by atoms with Crippen molar-refractivity contribution in [2.45, 2.75) is 58.0 Å². The smallest absolute Gasteiger partial charge is 0.317 e. The fourth-order valence-electron chi connectivity index (χ4n) is 5.60. The molecule has 0 N–H and O–H groups in total. The highest BCUT2D eigenvalue weighted by Crippen LogP contribution is 2.63. The van der Waals surface area contributed by atoms with Crippen LogP contribution in [0.4, 0.5) is 0 Å². The van der Waals surface area contributed by atoms with Crippen molar-refractivity contribution in [3.63, 3.8) is 0 Å².